The average Bonchev–Trinajstić information content (AvgIpc) is 2.60. The van der Waals surface area contributed by atoms with Gasteiger partial charge in [0.25, 0.3) is 11.5 Å². The van der Waals surface area contributed by atoms with E-state index in [1.807, 2.05) is 0 Å². The molecule has 5 heteroatoms. The van der Waals surface area contributed by atoms with Gasteiger partial charge < -0.3 is 15.6 Å². The van der Waals surface area contributed by atoms with E-state index in [-0.39, 0.29) is 17.0 Å². The number of aromatic amines is 1. The second kappa shape index (κ2) is 5.79. The summed E-state index contributed by atoms with van der Waals surface area (Å²) in [6.07, 6.45) is 5.31. The van der Waals surface area contributed by atoms with E-state index >= 15 is 0 Å². The molecular formula is C15H21N3O2. The monoisotopic (exact) mass is 275 g/mol. The molecule has 0 saturated carbocycles. The number of hydrogen-bond donors (Lipinski definition) is 3. The second-order valence-electron chi connectivity index (χ2n) is 5.81. The topological polar surface area (TPSA) is 74.0 Å². The Kier molecular flexibility index (Phi) is 3.87. The molecule has 0 spiro atoms. The number of carbonyl (C=O) groups is 1. The number of nitrogens with one attached hydrogen (secondary N) is 3. The van der Waals surface area contributed by atoms with Gasteiger partial charge in [-0.2, -0.15) is 0 Å². The predicted octanol–water partition coefficient (Wildman–Crippen LogP) is 0.593. The van der Waals surface area contributed by atoms with Gasteiger partial charge in [-0.3, -0.25) is 9.59 Å². The molecule has 1 fully saturated rings. The number of aryl methyl sites for hydroxylation is 2. The van der Waals surface area contributed by atoms with Crippen LogP contribution in [0.25, 0.3) is 0 Å². The molecule has 1 aliphatic heterocycles. The van der Waals surface area contributed by atoms with Crippen LogP contribution >= 0.6 is 0 Å². The Hall–Kier alpha value is -1.62. The Morgan fingerprint density at radius 3 is 2.80 bits per heavy atom. The van der Waals surface area contributed by atoms with Gasteiger partial charge in [0, 0.05) is 31.2 Å². The summed E-state index contributed by atoms with van der Waals surface area (Å²) in [5.74, 6) is 0.254. The second-order valence-corrected chi connectivity index (χ2v) is 5.81. The van der Waals surface area contributed by atoms with Crippen molar-refractivity contribution in [3.63, 3.8) is 0 Å². The summed E-state index contributed by atoms with van der Waals surface area (Å²) in [6, 6.07) is 1.80. The number of aromatic nitrogens is 1. The van der Waals surface area contributed by atoms with E-state index in [2.05, 4.69) is 15.6 Å². The summed E-state index contributed by atoms with van der Waals surface area (Å²) in [4.78, 5) is 27.1. The smallest absolute Gasteiger partial charge is 0.261 e. The van der Waals surface area contributed by atoms with Crippen LogP contribution in [-0.4, -0.2) is 30.5 Å². The van der Waals surface area contributed by atoms with Crippen LogP contribution in [0.5, 0.6) is 0 Å². The molecule has 2 heterocycles. The fourth-order valence-corrected chi connectivity index (χ4v) is 2.85. The number of H-pyrrole nitrogens is 1. The Labute approximate surface area is 118 Å². The number of carbonyl (C=O) groups excluding carboxylic acids is 1. The lowest BCUT2D eigenvalue weighted by Crippen LogP contribution is -2.48. The molecule has 1 amide bonds. The Bertz CT molecular complexity index is 561. The van der Waals surface area contributed by atoms with Gasteiger partial charge in [0.15, 0.2) is 0 Å². The third-order valence-electron chi connectivity index (χ3n) is 4.25. The zero-order valence-electron chi connectivity index (χ0n) is 11.6. The fourth-order valence-electron chi connectivity index (χ4n) is 2.85. The maximum Gasteiger partial charge on any atom is 0.261 e. The van der Waals surface area contributed by atoms with Gasteiger partial charge in [-0.1, -0.05) is 6.42 Å². The minimum absolute atomic E-state index is 0.245. The van der Waals surface area contributed by atoms with E-state index in [9.17, 15) is 9.59 Å². The van der Waals surface area contributed by atoms with Crippen molar-refractivity contribution >= 4 is 5.91 Å². The van der Waals surface area contributed by atoms with Crippen molar-refractivity contribution in [1.29, 1.82) is 0 Å². The highest BCUT2D eigenvalue weighted by molar-refractivity contribution is 5.94. The average molecular weight is 275 g/mol. The van der Waals surface area contributed by atoms with Crippen LogP contribution in [0.1, 0.15) is 40.9 Å². The lowest BCUT2D eigenvalue weighted by atomic mass is 10.0. The fraction of sp³-hybridized carbons (Fsp3) is 0.600. The lowest BCUT2D eigenvalue weighted by Gasteiger charge is -2.27. The molecular weight excluding hydrogens is 254 g/mol. The third kappa shape index (κ3) is 2.77. The van der Waals surface area contributed by atoms with E-state index in [0.29, 0.717) is 12.5 Å². The standard InChI is InChI=1S/C15H21N3O2/c19-14(17-9-10-7-16-8-10)12-6-11-4-2-1-3-5-13(11)18-15(12)20/h6,10,16H,1-5,7-9H2,(H,17,19)(H,18,20). The Balaban J connectivity index is 1.76. The zero-order chi connectivity index (χ0) is 13.9. The molecule has 108 valence electrons. The molecule has 0 aromatic carbocycles. The maximum atomic E-state index is 12.1. The third-order valence-corrected chi connectivity index (χ3v) is 4.25. The molecule has 1 aromatic rings. The molecule has 3 rings (SSSR count). The SMILES string of the molecule is O=C(NCC1CNC1)c1cc2c([nH]c1=O)CCCCC2. The van der Waals surface area contributed by atoms with Crippen LogP contribution in [-0.2, 0) is 12.8 Å². The van der Waals surface area contributed by atoms with Gasteiger partial charge in [-0.15, -0.1) is 0 Å². The molecule has 1 aromatic heterocycles. The van der Waals surface area contributed by atoms with Crippen molar-refractivity contribution < 1.29 is 4.79 Å². The van der Waals surface area contributed by atoms with Crippen LogP contribution in [0.4, 0.5) is 0 Å². The van der Waals surface area contributed by atoms with E-state index < -0.39 is 0 Å². The van der Waals surface area contributed by atoms with Crippen molar-refractivity contribution in [3.05, 3.63) is 33.2 Å². The predicted molar refractivity (Wildman–Crippen MR) is 77.0 cm³/mol. The van der Waals surface area contributed by atoms with Gasteiger partial charge in [0.05, 0.1) is 0 Å². The van der Waals surface area contributed by atoms with Gasteiger partial charge in [0.1, 0.15) is 5.56 Å². The summed E-state index contributed by atoms with van der Waals surface area (Å²) in [5.41, 5.74) is 2.16. The molecule has 0 atom stereocenters. The molecule has 20 heavy (non-hydrogen) atoms. The normalized spacial score (nSPS) is 18.8. The number of rotatable bonds is 3. The van der Waals surface area contributed by atoms with E-state index in [1.165, 1.54) is 6.42 Å². The summed E-state index contributed by atoms with van der Waals surface area (Å²) in [7, 11) is 0. The number of fused-ring (bicyclic) bond motifs is 1. The molecule has 1 saturated heterocycles. The summed E-state index contributed by atoms with van der Waals surface area (Å²) < 4.78 is 0. The number of amides is 1. The summed E-state index contributed by atoms with van der Waals surface area (Å²) in [6.45, 7) is 2.53. The van der Waals surface area contributed by atoms with E-state index in [0.717, 1.165) is 50.0 Å². The molecule has 3 N–H and O–H groups in total. The van der Waals surface area contributed by atoms with Crippen molar-refractivity contribution in [2.24, 2.45) is 5.92 Å². The number of pyridine rings is 1. The Morgan fingerprint density at radius 2 is 2.05 bits per heavy atom. The quantitative estimate of drug-likeness (QED) is 0.707. The van der Waals surface area contributed by atoms with Crippen LogP contribution in [0.15, 0.2) is 10.9 Å². The van der Waals surface area contributed by atoms with Crippen LogP contribution in [0.3, 0.4) is 0 Å². The Morgan fingerprint density at radius 1 is 1.25 bits per heavy atom. The first-order chi connectivity index (χ1) is 9.74. The molecule has 2 aliphatic rings. The maximum absolute atomic E-state index is 12.1. The van der Waals surface area contributed by atoms with Crippen molar-refractivity contribution in [2.75, 3.05) is 19.6 Å². The van der Waals surface area contributed by atoms with E-state index in [1.54, 1.807) is 6.07 Å². The lowest BCUT2D eigenvalue weighted by molar-refractivity contribution is 0.0940. The highest BCUT2D eigenvalue weighted by atomic mass is 16.2. The summed E-state index contributed by atoms with van der Waals surface area (Å²) in [5, 5.41) is 6.03. The largest absolute Gasteiger partial charge is 0.351 e. The first kappa shape index (κ1) is 13.4. The van der Waals surface area contributed by atoms with Crippen molar-refractivity contribution in [2.45, 2.75) is 32.1 Å². The van der Waals surface area contributed by atoms with Crippen LogP contribution < -0.4 is 16.2 Å². The minimum Gasteiger partial charge on any atom is -0.351 e. The number of hydrogen-bond acceptors (Lipinski definition) is 3. The molecule has 1 aliphatic carbocycles. The van der Waals surface area contributed by atoms with E-state index in [4.69, 9.17) is 0 Å². The van der Waals surface area contributed by atoms with Crippen LogP contribution in [0.2, 0.25) is 0 Å². The first-order valence-electron chi connectivity index (χ1n) is 7.48. The minimum atomic E-state index is -0.255. The first-order valence-corrected chi connectivity index (χ1v) is 7.48. The van der Waals surface area contributed by atoms with Gasteiger partial charge >= 0.3 is 0 Å². The summed E-state index contributed by atoms with van der Waals surface area (Å²) >= 11 is 0. The zero-order valence-corrected chi connectivity index (χ0v) is 11.6. The highest BCUT2D eigenvalue weighted by Crippen LogP contribution is 2.18. The molecule has 0 unspecified atom stereocenters. The van der Waals surface area contributed by atoms with Crippen molar-refractivity contribution in [1.82, 2.24) is 15.6 Å². The van der Waals surface area contributed by atoms with Gasteiger partial charge in [0.2, 0.25) is 0 Å². The highest BCUT2D eigenvalue weighted by Gasteiger charge is 2.20. The van der Waals surface area contributed by atoms with Gasteiger partial charge in [-0.25, -0.2) is 0 Å². The van der Waals surface area contributed by atoms with Crippen molar-refractivity contribution in [3.8, 4) is 0 Å². The van der Waals surface area contributed by atoms with Crippen LogP contribution in [0, 0.1) is 5.92 Å². The molecule has 0 bridgehead atoms. The molecule has 0 radical (unpaired) electrons. The van der Waals surface area contributed by atoms with Gasteiger partial charge in [-0.05, 0) is 37.3 Å². The molecule has 5 nitrogen and oxygen atoms in total.